The number of hydrogen-bond donors (Lipinski definition) is 1. The molecule has 0 saturated carbocycles. The van der Waals surface area contributed by atoms with Gasteiger partial charge in [-0.05, 0) is 35.9 Å². The largest absolute Gasteiger partial charge is 0.489 e. The van der Waals surface area contributed by atoms with Crippen molar-refractivity contribution in [1.29, 1.82) is 0 Å². The normalized spacial score (nSPS) is 10.2. The van der Waals surface area contributed by atoms with Crippen molar-refractivity contribution in [2.75, 3.05) is 5.73 Å². The van der Waals surface area contributed by atoms with Crippen molar-refractivity contribution in [3.63, 3.8) is 0 Å². The molecular formula is C13H11Cl2NO. The van der Waals surface area contributed by atoms with Crippen molar-refractivity contribution in [2.45, 2.75) is 6.61 Å². The lowest BCUT2D eigenvalue weighted by atomic mass is 10.2. The van der Waals surface area contributed by atoms with Gasteiger partial charge in [0.15, 0.2) is 0 Å². The van der Waals surface area contributed by atoms with Gasteiger partial charge in [-0.3, -0.25) is 0 Å². The second kappa shape index (κ2) is 5.30. The van der Waals surface area contributed by atoms with Crippen molar-refractivity contribution in [3.05, 3.63) is 58.1 Å². The molecule has 0 amide bonds. The maximum absolute atomic E-state index is 5.92. The predicted octanol–water partition coefficient (Wildman–Crippen LogP) is 4.15. The van der Waals surface area contributed by atoms with Gasteiger partial charge < -0.3 is 10.5 Å². The molecule has 2 aromatic rings. The maximum Gasteiger partial charge on any atom is 0.121 e. The lowest BCUT2D eigenvalue weighted by molar-refractivity contribution is 0.306. The Morgan fingerprint density at radius 2 is 1.88 bits per heavy atom. The minimum atomic E-state index is 0.431. The van der Waals surface area contributed by atoms with Crippen molar-refractivity contribution in [2.24, 2.45) is 0 Å². The number of halogens is 2. The van der Waals surface area contributed by atoms with Gasteiger partial charge in [-0.1, -0.05) is 35.3 Å². The third kappa shape index (κ3) is 3.29. The quantitative estimate of drug-likeness (QED) is 0.848. The smallest absolute Gasteiger partial charge is 0.121 e. The first-order valence-electron chi connectivity index (χ1n) is 5.07. The van der Waals surface area contributed by atoms with Crippen LogP contribution in [-0.4, -0.2) is 0 Å². The first-order chi connectivity index (χ1) is 8.15. The summed E-state index contributed by atoms with van der Waals surface area (Å²) in [6.45, 7) is 0.431. The lowest BCUT2D eigenvalue weighted by Crippen LogP contribution is -1.96. The fourth-order valence-electron chi connectivity index (χ4n) is 1.38. The lowest BCUT2D eigenvalue weighted by Gasteiger charge is -2.07. The molecule has 2 rings (SSSR count). The Morgan fingerprint density at radius 1 is 1.06 bits per heavy atom. The molecule has 0 heterocycles. The van der Waals surface area contributed by atoms with Crippen LogP contribution in [0.3, 0.4) is 0 Å². The predicted molar refractivity (Wildman–Crippen MR) is 71.6 cm³/mol. The Balaban J connectivity index is 2.05. The van der Waals surface area contributed by atoms with E-state index in [2.05, 4.69) is 0 Å². The molecule has 0 unspecified atom stereocenters. The van der Waals surface area contributed by atoms with Crippen molar-refractivity contribution in [3.8, 4) is 5.75 Å². The molecule has 88 valence electrons. The van der Waals surface area contributed by atoms with Crippen LogP contribution in [-0.2, 0) is 6.61 Å². The summed E-state index contributed by atoms with van der Waals surface area (Å²) in [4.78, 5) is 0. The molecule has 0 spiro atoms. The molecule has 0 aliphatic rings. The molecule has 0 bridgehead atoms. The van der Waals surface area contributed by atoms with E-state index >= 15 is 0 Å². The monoisotopic (exact) mass is 267 g/mol. The van der Waals surface area contributed by atoms with Gasteiger partial charge in [-0.15, -0.1) is 0 Å². The van der Waals surface area contributed by atoms with E-state index in [0.717, 1.165) is 11.3 Å². The van der Waals surface area contributed by atoms with Crippen LogP contribution < -0.4 is 10.5 Å². The first-order valence-corrected chi connectivity index (χ1v) is 5.83. The van der Waals surface area contributed by atoms with Gasteiger partial charge in [-0.2, -0.15) is 0 Å². The summed E-state index contributed by atoms with van der Waals surface area (Å²) >= 11 is 11.8. The zero-order chi connectivity index (χ0) is 12.3. The van der Waals surface area contributed by atoms with Crippen LogP contribution in [0.15, 0.2) is 42.5 Å². The van der Waals surface area contributed by atoms with E-state index in [1.807, 2.05) is 18.2 Å². The highest BCUT2D eigenvalue weighted by atomic mass is 35.5. The Hall–Kier alpha value is -1.38. The SMILES string of the molecule is Nc1ccc(COc2cccc(Cl)c2)cc1Cl. The topological polar surface area (TPSA) is 35.2 Å². The van der Waals surface area contributed by atoms with Gasteiger partial charge in [0, 0.05) is 5.02 Å². The molecule has 0 atom stereocenters. The Bertz CT molecular complexity index is 529. The van der Waals surface area contributed by atoms with E-state index in [1.165, 1.54) is 0 Å². The fourth-order valence-corrected chi connectivity index (χ4v) is 1.77. The van der Waals surface area contributed by atoms with Gasteiger partial charge in [0.05, 0.1) is 10.7 Å². The molecule has 0 aromatic heterocycles. The van der Waals surface area contributed by atoms with Crippen molar-refractivity contribution < 1.29 is 4.74 Å². The Morgan fingerprint density at radius 3 is 2.59 bits per heavy atom. The summed E-state index contributed by atoms with van der Waals surface area (Å²) in [6.07, 6.45) is 0. The summed E-state index contributed by atoms with van der Waals surface area (Å²) in [5.74, 6) is 0.727. The maximum atomic E-state index is 5.92. The fraction of sp³-hybridized carbons (Fsp3) is 0.0769. The molecule has 0 fully saturated rings. The number of hydrogen-bond acceptors (Lipinski definition) is 2. The van der Waals surface area contributed by atoms with E-state index in [1.54, 1.807) is 24.3 Å². The van der Waals surface area contributed by atoms with E-state index in [9.17, 15) is 0 Å². The van der Waals surface area contributed by atoms with Crippen LogP contribution in [0, 0.1) is 0 Å². The third-order valence-corrected chi connectivity index (χ3v) is 2.83. The molecule has 17 heavy (non-hydrogen) atoms. The highest BCUT2D eigenvalue weighted by Gasteiger charge is 2.00. The first kappa shape index (κ1) is 12.1. The van der Waals surface area contributed by atoms with Gasteiger partial charge in [0.2, 0.25) is 0 Å². The third-order valence-electron chi connectivity index (χ3n) is 2.27. The summed E-state index contributed by atoms with van der Waals surface area (Å²) in [7, 11) is 0. The van der Waals surface area contributed by atoms with E-state index in [0.29, 0.717) is 22.3 Å². The zero-order valence-electron chi connectivity index (χ0n) is 8.99. The number of rotatable bonds is 3. The summed E-state index contributed by atoms with van der Waals surface area (Å²) < 4.78 is 5.58. The van der Waals surface area contributed by atoms with Gasteiger partial charge in [-0.25, -0.2) is 0 Å². The molecule has 2 nitrogen and oxygen atoms in total. The summed E-state index contributed by atoms with van der Waals surface area (Å²) in [5, 5.41) is 1.19. The number of nitrogen functional groups attached to an aromatic ring is 1. The zero-order valence-corrected chi connectivity index (χ0v) is 10.5. The van der Waals surface area contributed by atoms with Crippen LogP contribution in [0.2, 0.25) is 10.0 Å². The molecule has 0 saturated heterocycles. The molecule has 4 heteroatoms. The number of nitrogens with two attached hydrogens (primary N) is 1. The van der Waals surface area contributed by atoms with Gasteiger partial charge in [0.1, 0.15) is 12.4 Å². The molecular weight excluding hydrogens is 257 g/mol. The van der Waals surface area contributed by atoms with Crippen LogP contribution in [0.4, 0.5) is 5.69 Å². The summed E-state index contributed by atoms with van der Waals surface area (Å²) in [6, 6.07) is 12.7. The van der Waals surface area contributed by atoms with Crippen LogP contribution in [0.5, 0.6) is 5.75 Å². The Labute approximate surface area is 110 Å². The van der Waals surface area contributed by atoms with Crippen LogP contribution in [0.1, 0.15) is 5.56 Å². The standard InChI is InChI=1S/C13H11Cl2NO/c14-10-2-1-3-11(7-10)17-8-9-4-5-13(16)12(15)6-9/h1-7H,8,16H2. The molecule has 2 aromatic carbocycles. The summed E-state index contributed by atoms with van der Waals surface area (Å²) in [5.41, 5.74) is 7.16. The molecule has 0 aliphatic heterocycles. The molecule has 0 radical (unpaired) electrons. The highest BCUT2D eigenvalue weighted by molar-refractivity contribution is 6.33. The molecule has 2 N–H and O–H groups in total. The number of benzene rings is 2. The minimum absolute atomic E-state index is 0.431. The average molecular weight is 268 g/mol. The van der Waals surface area contributed by atoms with Crippen LogP contribution in [0.25, 0.3) is 0 Å². The van der Waals surface area contributed by atoms with Crippen molar-refractivity contribution >= 4 is 28.9 Å². The average Bonchev–Trinajstić information content (AvgIpc) is 2.31. The highest BCUT2D eigenvalue weighted by Crippen LogP contribution is 2.22. The molecule has 0 aliphatic carbocycles. The van der Waals surface area contributed by atoms with Gasteiger partial charge in [0.25, 0.3) is 0 Å². The number of anilines is 1. The second-order valence-electron chi connectivity index (χ2n) is 3.60. The van der Waals surface area contributed by atoms with E-state index < -0.39 is 0 Å². The number of ether oxygens (including phenoxy) is 1. The van der Waals surface area contributed by atoms with Gasteiger partial charge >= 0.3 is 0 Å². The Kier molecular flexibility index (Phi) is 3.77. The van der Waals surface area contributed by atoms with Crippen LogP contribution >= 0.6 is 23.2 Å². The van der Waals surface area contributed by atoms with Crippen molar-refractivity contribution in [1.82, 2.24) is 0 Å². The minimum Gasteiger partial charge on any atom is -0.489 e. The second-order valence-corrected chi connectivity index (χ2v) is 4.45. The van der Waals surface area contributed by atoms with E-state index in [-0.39, 0.29) is 0 Å². The van der Waals surface area contributed by atoms with E-state index in [4.69, 9.17) is 33.7 Å².